The molecular weight excluding hydrogens is 486 g/mol. The monoisotopic (exact) mass is 514 g/mol. The van der Waals surface area contributed by atoms with Gasteiger partial charge in [0.2, 0.25) is 5.91 Å². The van der Waals surface area contributed by atoms with E-state index in [0.717, 1.165) is 18.5 Å². The van der Waals surface area contributed by atoms with Gasteiger partial charge >= 0.3 is 0 Å². The van der Waals surface area contributed by atoms with E-state index >= 15 is 0 Å². The number of anilines is 1. The normalized spacial score (nSPS) is 10.7. The first-order valence-corrected chi connectivity index (χ1v) is 9.34. The van der Waals surface area contributed by atoms with Crippen LogP contribution in [0.5, 0.6) is 5.75 Å². The number of amides is 1. The molecule has 0 radical (unpaired) electrons. The number of nitrogens with zero attached hydrogens (tertiary/aromatic N) is 1. The van der Waals surface area contributed by atoms with Crippen LogP contribution in [0.15, 0.2) is 53.5 Å². The summed E-state index contributed by atoms with van der Waals surface area (Å²) in [5, 5.41) is 9.13. The molecule has 2 aromatic rings. The van der Waals surface area contributed by atoms with E-state index in [4.69, 9.17) is 4.74 Å². The molecule has 2 rings (SSSR count). The van der Waals surface area contributed by atoms with Crippen LogP contribution in [-0.4, -0.2) is 38.1 Å². The zero-order chi connectivity index (χ0) is 20.2. The third kappa shape index (κ3) is 10.1. The van der Waals surface area contributed by atoms with Crippen molar-refractivity contribution in [2.75, 3.05) is 31.6 Å². The predicted molar refractivity (Wildman–Crippen MR) is 126 cm³/mol. The molecule has 2 aromatic carbocycles. The molecule has 0 spiro atoms. The lowest BCUT2D eigenvalue weighted by Gasteiger charge is -2.12. The molecule has 0 fully saturated rings. The lowest BCUT2D eigenvalue weighted by atomic mass is 10.1. The van der Waals surface area contributed by atoms with Crippen LogP contribution in [0.1, 0.15) is 19.4 Å². The van der Waals surface area contributed by atoms with Gasteiger partial charge in [0, 0.05) is 31.8 Å². The number of aliphatic imine (C=N–C) groups is 1. The van der Waals surface area contributed by atoms with Crippen molar-refractivity contribution in [3.63, 3.8) is 0 Å². The molecule has 6 nitrogen and oxygen atoms in total. The van der Waals surface area contributed by atoms with E-state index in [1.807, 2.05) is 25.1 Å². The standard InChI is InChI=1S/C21H27FN4O2.HI/c1-3-23-21(24-12-11-17-7-9-18(22)10-8-17)25-13-14-28-20-6-4-5-19(15-20)26-16(2)27;/h4-10,15H,3,11-14H2,1-2H3,(H,26,27)(H2,23,24,25);1H. The van der Waals surface area contributed by atoms with Gasteiger partial charge in [-0.2, -0.15) is 0 Å². The average Bonchev–Trinajstić information content (AvgIpc) is 2.66. The highest BCUT2D eigenvalue weighted by Gasteiger charge is 2.01. The van der Waals surface area contributed by atoms with Gasteiger partial charge in [-0.25, -0.2) is 4.39 Å². The van der Waals surface area contributed by atoms with E-state index < -0.39 is 0 Å². The molecule has 0 aliphatic heterocycles. The van der Waals surface area contributed by atoms with Crippen molar-refractivity contribution in [1.29, 1.82) is 0 Å². The summed E-state index contributed by atoms with van der Waals surface area (Å²) in [6, 6.07) is 13.7. The maximum Gasteiger partial charge on any atom is 0.221 e. The molecular formula is C21H28FIN4O2. The summed E-state index contributed by atoms with van der Waals surface area (Å²) in [5.74, 6) is 1.04. The number of hydrogen-bond acceptors (Lipinski definition) is 3. The molecule has 0 aliphatic carbocycles. The fraction of sp³-hybridized carbons (Fsp3) is 0.333. The van der Waals surface area contributed by atoms with Crippen LogP contribution in [0.2, 0.25) is 0 Å². The Bertz CT molecular complexity index is 785. The fourth-order valence-corrected chi connectivity index (χ4v) is 2.49. The van der Waals surface area contributed by atoms with Gasteiger partial charge in [-0.1, -0.05) is 18.2 Å². The molecule has 29 heavy (non-hydrogen) atoms. The molecule has 0 atom stereocenters. The van der Waals surface area contributed by atoms with Gasteiger partial charge in [0.05, 0.1) is 6.54 Å². The number of hydrogen-bond donors (Lipinski definition) is 3. The number of rotatable bonds is 9. The van der Waals surface area contributed by atoms with E-state index in [2.05, 4.69) is 20.9 Å². The van der Waals surface area contributed by atoms with Gasteiger partial charge in [0.15, 0.2) is 5.96 Å². The van der Waals surface area contributed by atoms with E-state index in [1.165, 1.54) is 19.1 Å². The summed E-state index contributed by atoms with van der Waals surface area (Å²) < 4.78 is 18.6. The minimum absolute atomic E-state index is 0. The summed E-state index contributed by atoms with van der Waals surface area (Å²) >= 11 is 0. The molecule has 8 heteroatoms. The molecule has 1 amide bonds. The van der Waals surface area contributed by atoms with Crippen LogP contribution in [0.3, 0.4) is 0 Å². The summed E-state index contributed by atoms with van der Waals surface area (Å²) in [7, 11) is 0. The van der Waals surface area contributed by atoms with Crippen LogP contribution in [0, 0.1) is 5.82 Å². The topological polar surface area (TPSA) is 74.8 Å². The lowest BCUT2D eigenvalue weighted by Crippen LogP contribution is -2.39. The number of ether oxygens (including phenoxy) is 1. The summed E-state index contributed by atoms with van der Waals surface area (Å²) in [6.07, 6.45) is 0.739. The highest BCUT2D eigenvalue weighted by Crippen LogP contribution is 2.17. The molecule has 0 saturated heterocycles. The predicted octanol–water partition coefficient (Wildman–Crippen LogP) is 3.58. The summed E-state index contributed by atoms with van der Waals surface area (Å²) in [5.41, 5.74) is 1.75. The zero-order valence-corrected chi connectivity index (χ0v) is 19.0. The second-order valence-corrected chi connectivity index (χ2v) is 6.12. The molecule has 158 valence electrons. The Hall–Kier alpha value is -2.36. The van der Waals surface area contributed by atoms with Crippen molar-refractivity contribution in [3.8, 4) is 5.75 Å². The van der Waals surface area contributed by atoms with Crippen molar-refractivity contribution in [3.05, 3.63) is 59.9 Å². The van der Waals surface area contributed by atoms with Gasteiger partial charge in [-0.05, 0) is 43.2 Å². The van der Waals surface area contributed by atoms with Crippen molar-refractivity contribution in [1.82, 2.24) is 10.6 Å². The first-order chi connectivity index (χ1) is 13.6. The molecule has 0 unspecified atom stereocenters. The van der Waals surface area contributed by atoms with E-state index in [9.17, 15) is 9.18 Å². The van der Waals surface area contributed by atoms with Crippen LogP contribution in [0.4, 0.5) is 10.1 Å². The molecule has 0 aliphatic rings. The average molecular weight is 514 g/mol. The highest BCUT2D eigenvalue weighted by atomic mass is 127. The quantitative estimate of drug-likeness (QED) is 0.207. The van der Waals surface area contributed by atoms with Gasteiger partial charge in [0.1, 0.15) is 18.2 Å². The molecule has 0 aromatic heterocycles. The second-order valence-electron chi connectivity index (χ2n) is 6.12. The Kier molecular flexibility index (Phi) is 11.7. The van der Waals surface area contributed by atoms with Crippen molar-refractivity contribution in [2.24, 2.45) is 4.99 Å². The Balaban J connectivity index is 0.00000420. The number of carbonyl (C=O) groups is 1. The maximum atomic E-state index is 12.9. The zero-order valence-electron chi connectivity index (χ0n) is 16.7. The molecule has 0 heterocycles. The summed E-state index contributed by atoms with van der Waals surface area (Å²) in [6.45, 7) is 5.84. The van der Waals surface area contributed by atoms with E-state index in [0.29, 0.717) is 37.1 Å². The van der Waals surface area contributed by atoms with E-state index in [-0.39, 0.29) is 35.7 Å². The molecule has 0 bridgehead atoms. The first-order valence-electron chi connectivity index (χ1n) is 9.34. The van der Waals surface area contributed by atoms with Gasteiger partial charge < -0.3 is 20.7 Å². The smallest absolute Gasteiger partial charge is 0.221 e. The fourth-order valence-electron chi connectivity index (χ4n) is 2.49. The van der Waals surface area contributed by atoms with E-state index in [1.54, 1.807) is 18.2 Å². The van der Waals surface area contributed by atoms with Gasteiger partial charge in [-0.3, -0.25) is 9.79 Å². The van der Waals surface area contributed by atoms with Crippen molar-refractivity contribution >= 4 is 41.5 Å². The van der Waals surface area contributed by atoms with Gasteiger partial charge in [0.25, 0.3) is 0 Å². The first kappa shape index (κ1) is 24.7. The largest absolute Gasteiger partial charge is 0.492 e. The van der Waals surface area contributed by atoms with Crippen LogP contribution >= 0.6 is 24.0 Å². The number of halogens is 2. The third-order valence-electron chi connectivity index (χ3n) is 3.75. The Morgan fingerprint density at radius 2 is 1.90 bits per heavy atom. The number of carbonyl (C=O) groups excluding carboxylic acids is 1. The SMILES string of the molecule is CCNC(=NCCc1ccc(F)cc1)NCCOc1cccc(NC(C)=O)c1.I. The molecule has 3 N–H and O–H groups in total. The summed E-state index contributed by atoms with van der Waals surface area (Å²) in [4.78, 5) is 15.6. The number of benzene rings is 2. The highest BCUT2D eigenvalue weighted by molar-refractivity contribution is 14.0. The minimum atomic E-state index is -0.232. The Morgan fingerprint density at radius 3 is 2.59 bits per heavy atom. The lowest BCUT2D eigenvalue weighted by molar-refractivity contribution is -0.114. The van der Waals surface area contributed by atoms with Crippen molar-refractivity contribution < 1.29 is 13.9 Å². The van der Waals surface area contributed by atoms with Crippen molar-refractivity contribution in [2.45, 2.75) is 20.3 Å². The van der Waals surface area contributed by atoms with Crippen LogP contribution in [-0.2, 0) is 11.2 Å². The van der Waals surface area contributed by atoms with Crippen LogP contribution < -0.4 is 20.7 Å². The van der Waals surface area contributed by atoms with Gasteiger partial charge in [-0.15, -0.1) is 24.0 Å². The Labute approximate surface area is 188 Å². The second kappa shape index (κ2) is 13.8. The number of guanidine groups is 1. The maximum absolute atomic E-state index is 12.9. The minimum Gasteiger partial charge on any atom is -0.492 e. The Morgan fingerprint density at radius 1 is 1.14 bits per heavy atom. The third-order valence-corrected chi connectivity index (χ3v) is 3.75. The van der Waals surface area contributed by atoms with Crippen LogP contribution in [0.25, 0.3) is 0 Å². The number of nitrogens with one attached hydrogen (secondary N) is 3. The molecule has 0 saturated carbocycles.